The number of rotatable bonds is 19. The van der Waals surface area contributed by atoms with Gasteiger partial charge in [-0.05, 0) is 53.6 Å². The third-order valence-corrected chi connectivity index (χ3v) is 29.4. The highest BCUT2D eigenvalue weighted by atomic mass is 31.1. The Labute approximate surface area is 487 Å². The predicted molar refractivity (Wildman–Crippen MR) is 358 cm³/mol. The van der Waals surface area contributed by atoms with E-state index in [1.807, 2.05) is 14.2 Å². The summed E-state index contributed by atoms with van der Waals surface area (Å²) in [6.07, 6.45) is 0. The number of hydrogen-bond acceptors (Lipinski definition) is 4. The molecule has 0 aliphatic carbocycles. The van der Waals surface area contributed by atoms with Crippen molar-refractivity contribution < 1.29 is 9.47 Å². The minimum absolute atomic E-state index is 0.716. The number of nitrogens with one attached hydrogen (secondary N) is 2. The summed E-state index contributed by atoms with van der Waals surface area (Å²) in [7, 11) is -5.70. The topological polar surface area (TPSA) is 42.5 Å². The quantitative estimate of drug-likeness (QED) is 0.0481. The molecule has 12 aromatic rings. The average molecular weight is 1130 g/mol. The maximum Gasteiger partial charge on any atom is 0.181 e. The van der Waals surface area contributed by atoms with Crippen LogP contribution in [-0.4, -0.2) is 30.4 Å². The van der Waals surface area contributed by atoms with Crippen LogP contribution in [0.5, 0.6) is 11.5 Å². The Morgan fingerprint density at radius 3 is 0.634 bits per heavy atom. The van der Waals surface area contributed by atoms with Crippen LogP contribution in [0.4, 0.5) is 11.4 Å². The van der Waals surface area contributed by atoms with Crippen molar-refractivity contribution in [2.45, 2.75) is 0 Å². The van der Waals surface area contributed by atoms with Gasteiger partial charge in [-0.1, -0.05) is 315 Å². The Balaban J connectivity index is 1.31. The smallest absolute Gasteiger partial charge is 0.181 e. The van der Waals surface area contributed by atoms with E-state index in [-0.39, 0.29) is 0 Å². The van der Waals surface area contributed by atoms with Crippen molar-refractivity contribution in [1.29, 1.82) is 0 Å². The number of methoxy groups -OCH3 is 2. The molecule has 0 heterocycles. The Morgan fingerprint density at radius 1 is 0.244 bits per heavy atom. The summed E-state index contributed by atoms with van der Waals surface area (Å²) in [5.74, 6) is 1.43. The van der Waals surface area contributed by atoms with Crippen molar-refractivity contribution >= 4 is 106 Å². The Kier molecular flexibility index (Phi) is 16.3. The summed E-state index contributed by atoms with van der Waals surface area (Å²) >= 11 is 0. The molecule has 0 aliphatic rings. The largest absolute Gasteiger partial charge is 0.496 e. The molecule has 398 valence electrons. The second-order valence-electron chi connectivity index (χ2n) is 20.1. The summed E-state index contributed by atoms with van der Waals surface area (Å²) in [5.41, 5.74) is 3.78. The molecule has 0 fully saturated rings. The van der Waals surface area contributed by atoms with Crippen molar-refractivity contribution in [3.8, 4) is 22.6 Å². The van der Waals surface area contributed by atoms with Crippen molar-refractivity contribution in [3.05, 3.63) is 328 Å². The van der Waals surface area contributed by atoms with Crippen molar-refractivity contribution in [2.24, 2.45) is 0 Å². The molecule has 0 saturated carbocycles. The van der Waals surface area contributed by atoms with Gasteiger partial charge >= 0.3 is 0 Å². The van der Waals surface area contributed by atoms with Gasteiger partial charge in [0.05, 0.1) is 41.5 Å². The number of ether oxygens (including phenoxy) is 2. The second kappa shape index (κ2) is 24.9. The first kappa shape index (κ1) is 53.8. The van der Waals surface area contributed by atoms with Gasteiger partial charge in [0.25, 0.3) is 0 Å². The molecule has 12 rings (SSSR count). The molecule has 0 aliphatic heterocycles. The average Bonchev–Trinajstić information content (AvgIpc) is 2.92. The molecular weight excluding hydrogens is 1070 g/mol. The molecule has 0 atom stereocenters. The van der Waals surface area contributed by atoms with E-state index in [4.69, 9.17) is 9.47 Å². The number of benzene rings is 12. The van der Waals surface area contributed by atoms with Crippen LogP contribution < -0.4 is 82.4 Å². The van der Waals surface area contributed by atoms with Gasteiger partial charge in [-0.2, -0.15) is 0 Å². The SMILES string of the molecule is COc1ccc([Si](c2ccccc2)(c2ccccc2)c2ccccc2)c(NP(c2ccccc2)c2ccccc2)c1-c1c(OC)ccc([Si](c2ccccc2)(c2ccccc2)c2ccccc2)c1NP(c1ccccc1)c1ccccc1. The van der Waals surface area contributed by atoms with Crippen LogP contribution in [0, 0.1) is 0 Å². The van der Waals surface area contributed by atoms with E-state index >= 15 is 0 Å². The van der Waals surface area contributed by atoms with Crippen LogP contribution in [0.2, 0.25) is 0 Å². The fourth-order valence-corrected chi connectivity index (χ4v) is 25.9. The molecule has 0 unspecified atom stereocenters. The molecule has 8 heteroatoms. The van der Waals surface area contributed by atoms with Crippen LogP contribution in [-0.2, 0) is 0 Å². The van der Waals surface area contributed by atoms with Crippen LogP contribution in [0.1, 0.15) is 0 Å². The van der Waals surface area contributed by atoms with Gasteiger partial charge in [-0.25, -0.2) is 0 Å². The highest BCUT2D eigenvalue weighted by Gasteiger charge is 2.47. The highest BCUT2D eigenvalue weighted by molar-refractivity contribution is 7.74. The fourth-order valence-electron chi connectivity index (χ4n) is 12.0. The first-order valence-corrected chi connectivity index (χ1v) is 34.4. The molecule has 82 heavy (non-hydrogen) atoms. The zero-order valence-corrected chi connectivity index (χ0v) is 49.7. The van der Waals surface area contributed by atoms with Gasteiger partial charge in [-0.3, -0.25) is 0 Å². The Hall–Kier alpha value is -8.87. The van der Waals surface area contributed by atoms with E-state index in [1.54, 1.807) is 0 Å². The molecule has 0 amide bonds. The first-order chi connectivity index (χ1) is 40.6. The van der Waals surface area contributed by atoms with Crippen molar-refractivity contribution in [3.63, 3.8) is 0 Å². The van der Waals surface area contributed by atoms with Crippen LogP contribution in [0.15, 0.2) is 328 Å². The minimum Gasteiger partial charge on any atom is -0.496 e. The molecule has 0 bridgehead atoms. The van der Waals surface area contributed by atoms with Gasteiger partial charge in [0.2, 0.25) is 0 Å². The van der Waals surface area contributed by atoms with Crippen LogP contribution in [0.25, 0.3) is 11.1 Å². The monoisotopic (exact) mass is 1130 g/mol. The van der Waals surface area contributed by atoms with Crippen molar-refractivity contribution in [2.75, 3.05) is 24.4 Å². The number of anilines is 2. The second-order valence-corrected chi connectivity index (χ2v) is 31.5. The lowest BCUT2D eigenvalue weighted by molar-refractivity contribution is 0.411. The summed E-state index contributed by atoms with van der Waals surface area (Å²) in [5, 5.41) is 23.8. The molecule has 4 nitrogen and oxygen atoms in total. The summed E-state index contributed by atoms with van der Waals surface area (Å²) < 4.78 is 13.9. The molecule has 0 aromatic heterocycles. The van der Waals surface area contributed by atoms with Crippen LogP contribution >= 0.6 is 16.1 Å². The maximum atomic E-state index is 6.94. The third-order valence-electron chi connectivity index (χ3n) is 15.6. The highest BCUT2D eigenvalue weighted by Crippen LogP contribution is 2.51. The first-order valence-electron chi connectivity index (χ1n) is 27.7. The van der Waals surface area contributed by atoms with Crippen molar-refractivity contribution in [1.82, 2.24) is 0 Å². The van der Waals surface area contributed by atoms with Gasteiger partial charge in [0, 0.05) is 32.6 Å². The zero-order valence-electron chi connectivity index (χ0n) is 45.9. The predicted octanol–water partition coefficient (Wildman–Crippen LogP) is 11.0. The lowest BCUT2D eigenvalue weighted by Crippen LogP contribution is -2.75. The van der Waals surface area contributed by atoms with Gasteiger partial charge in [0.1, 0.15) is 11.5 Å². The molecule has 0 radical (unpaired) electrons. The molecule has 0 spiro atoms. The third kappa shape index (κ3) is 10.2. The van der Waals surface area contributed by atoms with Gasteiger partial charge in [-0.15, -0.1) is 0 Å². The standard InChI is InChI=1S/C74H62N2O2P2Si2/c1-77-67-53-55-69(81(61-41-21-7-22-42-61,62-43-23-8-24-44-62)63-45-25-9-26-46-63)73(75-79(57-33-13-3-14-34-57)58-35-15-4-16-36-58)71(67)72-68(78-2)54-56-70(74(72)76-80(59-37-17-5-18-38-59)60-39-19-6-20-40-60)82(64-47-27-10-28-48-64,65-49-29-11-30-50-65)66-51-31-12-32-52-66/h3-56,75-76H,1-2H3. The molecule has 2 N–H and O–H groups in total. The van der Waals surface area contributed by atoms with E-state index in [0.29, 0.717) is 11.5 Å². The number of hydrogen-bond donors (Lipinski definition) is 2. The summed E-state index contributed by atoms with van der Waals surface area (Å²) in [4.78, 5) is 0. The van der Waals surface area contributed by atoms with Gasteiger partial charge < -0.3 is 19.6 Å². The lowest BCUT2D eigenvalue weighted by Gasteiger charge is -2.39. The zero-order chi connectivity index (χ0) is 55.6. The molecular formula is C74H62N2O2P2Si2. The maximum absolute atomic E-state index is 6.94. The van der Waals surface area contributed by atoms with E-state index in [0.717, 1.165) is 22.5 Å². The Morgan fingerprint density at radius 2 is 0.439 bits per heavy atom. The molecule has 0 saturated heterocycles. The summed E-state index contributed by atoms with van der Waals surface area (Å²) in [6.45, 7) is 0. The Bertz CT molecular complexity index is 3450. The van der Waals surface area contributed by atoms with E-state index in [1.165, 1.54) is 62.7 Å². The molecule has 12 aromatic carbocycles. The van der Waals surface area contributed by atoms with E-state index < -0.39 is 32.3 Å². The minimum atomic E-state index is -3.36. The lowest BCUT2D eigenvalue weighted by atomic mass is 9.99. The normalized spacial score (nSPS) is 11.5. The van der Waals surface area contributed by atoms with E-state index in [2.05, 4.69) is 338 Å². The van der Waals surface area contributed by atoms with Crippen LogP contribution in [0.3, 0.4) is 0 Å². The fraction of sp³-hybridized carbons (Fsp3) is 0.0270. The van der Waals surface area contributed by atoms with E-state index in [9.17, 15) is 0 Å². The summed E-state index contributed by atoms with van der Waals surface area (Å²) in [6, 6.07) is 120. The van der Waals surface area contributed by atoms with Gasteiger partial charge in [0.15, 0.2) is 16.1 Å².